The zero-order chi connectivity index (χ0) is 21.8. The molecule has 4 rings (SSSR count). The summed E-state index contributed by atoms with van der Waals surface area (Å²) in [5, 5.41) is 13.4. The van der Waals surface area contributed by atoms with Gasteiger partial charge in [-0.15, -0.1) is 21.5 Å². The van der Waals surface area contributed by atoms with Gasteiger partial charge < -0.3 is 9.30 Å². The lowest BCUT2D eigenvalue weighted by Crippen LogP contribution is -2.12. The van der Waals surface area contributed by atoms with Crippen LogP contribution in [0, 0.1) is 6.92 Å². The highest BCUT2D eigenvalue weighted by Gasteiger charge is 2.20. The third-order valence-corrected chi connectivity index (χ3v) is 7.08. The third kappa shape index (κ3) is 4.95. The molecule has 0 bridgehead atoms. The van der Waals surface area contributed by atoms with Crippen molar-refractivity contribution in [3.8, 4) is 16.3 Å². The highest BCUT2D eigenvalue weighted by Crippen LogP contribution is 2.31. The number of ether oxygens (including phenoxy) is 1. The molecule has 4 aromatic rings. The Bertz CT molecular complexity index is 1170. The van der Waals surface area contributed by atoms with E-state index in [9.17, 15) is 0 Å². The monoisotopic (exact) mass is 470 g/mol. The van der Waals surface area contributed by atoms with Gasteiger partial charge in [0.05, 0.1) is 10.7 Å². The Morgan fingerprint density at radius 1 is 1.13 bits per heavy atom. The molecule has 0 aliphatic rings. The average molecular weight is 471 g/mol. The van der Waals surface area contributed by atoms with Gasteiger partial charge in [-0.3, -0.25) is 0 Å². The minimum absolute atomic E-state index is 0.270. The molecule has 2 heterocycles. The van der Waals surface area contributed by atoms with Gasteiger partial charge in [0.2, 0.25) is 0 Å². The van der Waals surface area contributed by atoms with Gasteiger partial charge in [0, 0.05) is 23.2 Å². The van der Waals surface area contributed by atoms with Crippen molar-refractivity contribution < 1.29 is 4.74 Å². The number of hydrogen-bond acceptors (Lipinski definition) is 6. The van der Waals surface area contributed by atoms with E-state index in [2.05, 4.69) is 58.3 Å². The fourth-order valence-corrected chi connectivity index (χ4v) is 5.33. The zero-order valence-corrected chi connectivity index (χ0v) is 20.0. The summed E-state index contributed by atoms with van der Waals surface area (Å²) in [4.78, 5) is 4.82. The highest BCUT2D eigenvalue weighted by molar-refractivity contribution is 7.98. The Kier molecular flexibility index (Phi) is 6.95. The van der Waals surface area contributed by atoms with E-state index in [0.29, 0.717) is 10.8 Å². The smallest absolute Gasteiger partial charge is 0.191 e. The lowest BCUT2D eigenvalue weighted by molar-refractivity contribution is 0.210. The second-order valence-corrected chi connectivity index (χ2v) is 9.23. The number of thiazole rings is 1. The lowest BCUT2D eigenvalue weighted by atomic mass is 10.1. The first kappa shape index (κ1) is 21.9. The third-order valence-electron chi connectivity index (χ3n) is 4.84. The standard InChI is InChI=1S/C23H23ClN4OS2/c1-4-28-21(16(3)29-20-12-8-7-11-19(20)24)26-27-23(28)31-14-17-13-30-22(25-17)18-10-6-5-9-15(18)2/h5-13,16H,4,14H2,1-3H3. The van der Waals surface area contributed by atoms with Crippen LogP contribution < -0.4 is 4.74 Å². The summed E-state index contributed by atoms with van der Waals surface area (Å²) in [6.45, 7) is 6.91. The predicted molar refractivity (Wildman–Crippen MR) is 128 cm³/mol. The molecule has 0 amide bonds. The average Bonchev–Trinajstić information content (AvgIpc) is 3.41. The Labute approximate surface area is 195 Å². The van der Waals surface area contributed by atoms with Gasteiger partial charge in [-0.2, -0.15) is 0 Å². The molecule has 0 radical (unpaired) electrons. The quantitative estimate of drug-likeness (QED) is 0.264. The first-order valence-electron chi connectivity index (χ1n) is 10.0. The van der Waals surface area contributed by atoms with Crippen molar-refractivity contribution in [2.45, 2.75) is 44.3 Å². The first-order valence-corrected chi connectivity index (χ1v) is 12.3. The van der Waals surface area contributed by atoms with Crippen molar-refractivity contribution in [1.29, 1.82) is 0 Å². The summed E-state index contributed by atoms with van der Waals surface area (Å²) >= 11 is 9.54. The second kappa shape index (κ2) is 9.85. The van der Waals surface area contributed by atoms with Crippen molar-refractivity contribution in [3.63, 3.8) is 0 Å². The molecular formula is C23H23ClN4OS2. The molecule has 0 aliphatic heterocycles. The largest absolute Gasteiger partial charge is 0.481 e. The number of thioether (sulfide) groups is 1. The van der Waals surface area contributed by atoms with Crippen LogP contribution >= 0.6 is 34.7 Å². The van der Waals surface area contributed by atoms with Crippen molar-refractivity contribution in [3.05, 3.63) is 76.0 Å². The summed E-state index contributed by atoms with van der Waals surface area (Å²) in [6, 6.07) is 15.8. The van der Waals surface area contributed by atoms with Gasteiger partial charge in [0.1, 0.15) is 10.8 Å². The summed E-state index contributed by atoms with van der Waals surface area (Å²) in [6.07, 6.45) is -0.270. The fourth-order valence-electron chi connectivity index (χ4n) is 3.24. The summed E-state index contributed by atoms with van der Waals surface area (Å²) in [5.74, 6) is 2.16. The van der Waals surface area contributed by atoms with Crippen LogP contribution in [0.4, 0.5) is 0 Å². The molecule has 2 aromatic heterocycles. The molecular weight excluding hydrogens is 448 g/mol. The highest BCUT2D eigenvalue weighted by atomic mass is 35.5. The molecule has 2 aromatic carbocycles. The van der Waals surface area contributed by atoms with Crippen LogP contribution in [0.2, 0.25) is 5.02 Å². The Morgan fingerprint density at radius 3 is 2.68 bits per heavy atom. The fraction of sp³-hybridized carbons (Fsp3) is 0.261. The SMILES string of the molecule is CCn1c(SCc2csc(-c3ccccc3C)n2)nnc1C(C)Oc1ccccc1Cl. The molecule has 160 valence electrons. The molecule has 1 unspecified atom stereocenters. The van der Waals surface area contributed by atoms with Crippen LogP contribution in [0.1, 0.15) is 37.0 Å². The maximum absolute atomic E-state index is 6.23. The van der Waals surface area contributed by atoms with E-state index in [1.807, 2.05) is 31.2 Å². The van der Waals surface area contributed by atoms with E-state index in [-0.39, 0.29) is 6.10 Å². The molecule has 0 spiro atoms. The topological polar surface area (TPSA) is 52.8 Å². The number of halogens is 1. The number of para-hydroxylation sites is 1. The van der Waals surface area contributed by atoms with Crippen LogP contribution in [0.15, 0.2) is 59.1 Å². The summed E-state index contributed by atoms with van der Waals surface area (Å²) < 4.78 is 8.12. The van der Waals surface area contributed by atoms with Gasteiger partial charge in [-0.05, 0) is 38.5 Å². The zero-order valence-electron chi connectivity index (χ0n) is 17.6. The van der Waals surface area contributed by atoms with Crippen molar-refractivity contribution in [2.75, 3.05) is 0 Å². The molecule has 0 fully saturated rings. The minimum Gasteiger partial charge on any atom is -0.481 e. The van der Waals surface area contributed by atoms with E-state index in [1.54, 1.807) is 23.1 Å². The normalized spacial score (nSPS) is 12.1. The van der Waals surface area contributed by atoms with E-state index in [0.717, 1.165) is 34.0 Å². The Morgan fingerprint density at radius 2 is 1.90 bits per heavy atom. The van der Waals surface area contributed by atoms with Gasteiger partial charge in [-0.1, -0.05) is 59.8 Å². The van der Waals surface area contributed by atoms with Crippen molar-refractivity contribution >= 4 is 34.7 Å². The van der Waals surface area contributed by atoms with Gasteiger partial charge in [0.25, 0.3) is 0 Å². The van der Waals surface area contributed by atoms with Crippen LogP contribution in [-0.4, -0.2) is 19.7 Å². The van der Waals surface area contributed by atoms with Gasteiger partial charge >= 0.3 is 0 Å². The number of aryl methyl sites for hydroxylation is 1. The second-order valence-electron chi connectivity index (χ2n) is 7.02. The molecule has 1 atom stereocenters. The van der Waals surface area contributed by atoms with E-state index >= 15 is 0 Å². The predicted octanol–water partition coefficient (Wildman–Crippen LogP) is 6.82. The van der Waals surface area contributed by atoms with E-state index in [1.165, 1.54) is 11.1 Å². The molecule has 31 heavy (non-hydrogen) atoms. The Balaban J connectivity index is 1.46. The number of benzene rings is 2. The van der Waals surface area contributed by atoms with E-state index < -0.39 is 0 Å². The van der Waals surface area contributed by atoms with Crippen LogP contribution in [0.3, 0.4) is 0 Å². The van der Waals surface area contributed by atoms with Crippen molar-refractivity contribution in [1.82, 2.24) is 19.7 Å². The first-order chi connectivity index (χ1) is 15.1. The minimum atomic E-state index is -0.270. The lowest BCUT2D eigenvalue weighted by Gasteiger charge is -2.16. The van der Waals surface area contributed by atoms with Gasteiger partial charge in [-0.25, -0.2) is 4.98 Å². The molecule has 8 heteroatoms. The number of rotatable bonds is 8. The molecule has 0 saturated carbocycles. The summed E-state index contributed by atoms with van der Waals surface area (Å²) in [5.41, 5.74) is 3.47. The van der Waals surface area contributed by atoms with Crippen LogP contribution in [0.25, 0.3) is 10.6 Å². The molecule has 0 aliphatic carbocycles. The molecule has 0 N–H and O–H groups in total. The molecule has 0 saturated heterocycles. The maximum Gasteiger partial charge on any atom is 0.191 e. The summed E-state index contributed by atoms with van der Waals surface area (Å²) in [7, 11) is 0. The molecule has 5 nitrogen and oxygen atoms in total. The maximum atomic E-state index is 6.23. The van der Waals surface area contributed by atoms with E-state index in [4.69, 9.17) is 21.3 Å². The van der Waals surface area contributed by atoms with Crippen LogP contribution in [-0.2, 0) is 12.3 Å². The number of aromatic nitrogens is 4. The number of nitrogens with zero attached hydrogens (tertiary/aromatic N) is 4. The number of hydrogen-bond donors (Lipinski definition) is 0. The van der Waals surface area contributed by atoms with Crippen molar-refractivity contribution in [2.24, 2.45) is 0 Å². The van der Waals surface area contributed by atoms with Crippen LogP contribution in [0.5, 0.6) is 5.75 Å². The van der Waals surface area contributed by atoms with Gasteiger partial charge in [0.15, 0.2) is 17.1 Å². The Hall–Kier alpha value is -2.35.